The summed E-state index contributed by atoms with van der Waals surface area (Å²) in [4.78, 5) is 38.8. The SMILES string of the molecule is CC(C)(C)OC(=O)N[C@@H](C[Se]c1c(-c2ccccc2)c2ccccc2c2ccccc12)C(=O)NCC(=O)OCc1ccccc1. The summed E-state index contributed by atoms with van der Waals surface area (Å²) in [5.41, 5.74) is 2.30. The van der Waals surface area contributed by atoms with Crippen molar-refractivity contribution in [3.63, 3.8) is 0 Å². The first-order chi connectivity index (χ1) is 21.7. The van der Waals surface area contributed by atoms with Gasteiger partial charge in [0.05, 0.1) is 0 Å². The summed E-state index contributed by atoms with van der Waals surface area (Å²) < 4.78 is 11.9. The molecule has 5 aromatic rings. The van der Waals surface area contributed by atoms with Crippen LogP contribution in [0.25, 0.3) is 32.7 Å². The summed E-state index contributed by atoms with van der Waals surface area (Å²) >= 11 is -0.278. The quantitative estimate of drug-likeness (QED) is 0.106. The van der Waals surface area contributed by atoms with E-state index in [0.717, 1.165) is 42.7 Å². The van der Waals surface area contributed by atoms with Crippen LogP contribution in [-0.2, 0) is 25.7 Å². The number of carbonyl (C=O) groups excluding carboxylic acids is 3. The molecule has 0 aliphatic rings. The van der Waals surface area contributed by atoms with Crippen molar-refractivity contribution in [2.24, 2.45) is 0 Å². The molecule has 5 rings (SSSR count). The maximum absolute atomic E-state index is 13.5. The van der Waals surface area contributed by atoms with Crippen LogP contribution in [0.2, 0.25) is 5.32 Å². The van der Waals surface area contributed by atoms with Crippen LogP contribution in [0.3, 0.4) is 0 Å². The van der Waals surface area contributed by atoms with E-state index in [0.29, 0.717) is 5.32 Å². The van der Waals surface area contributed by atoms with E-state index < -0.39 is 29.6 Å². The Morgan fingerprint density at radius 1 is 0.733 bits per heavy atom. The predicted molar refractivity (Wildman–Crippen MR) is 179 cm³/mol. The van der Waals surface area contributed by atoms with Gasteiger partial charge in [0.15, 0.2) is 0 Å². The van der Waals surface area contributed by atoms with Crippen molar-refractivity contribution in [1.29, 1.82) is 0 Å². The van der Waals surface area contributed by atoms with Gasteiger partial charge in [-0.3, -0.25) is 0 Å². The van der Waals surface area contributed by atoms with E-state index in [1.165, 1.54) is 0 Å². The molecule has 5 aromatic carbocycles. The van der Waals surface area contributed by atoms with Gasteiger partial charge in [0.25, 0.3) is 0 Å². The third kappa shape index (κ3) is 8.29. The number of carbonyl (C=O) groups is 3. The topological polar surface area (TPSA) is 93.7 Å². The van der Waals surface area contributed by atoms with Crippen LogP contribution in [0.15, 0.2) is 109 Å². The maximum atomic E-state index is 13.5. The Hall–Kier alpha value is -4.65. The van der Waals surface area contributed by atoms with Crippen LogP contribution >= 0.6 is 0 Å². The third-order valence-electron chi connectivity index (χ3n) is 7.00. The van der Waals surface area contributed by atoms with Gasteiger partial charge >= 0.3 is 270 Å². The van der Waals surface area contributed by atoms with Crippen molar-refractivity contribution in [3.8, 4) is 11.1 Å². The molecule has 2 N–H and O–H groups in total. The molecule has 0 aliphatic heterocycles. The summed E-state index contributed by atoms with van der Waals surface area (Å²) in [6.07, 6.45) is -0.697. The van der Waals surface area contributed by atoms with Crippen LogP contribution < -0.4 is 15.1 Å². The molecule has 0 saturated heterocycles. The number of hydrogen-bond donors (Lipinski definition) is 2. The zero-order chi connectivity index (χ0) is 31.8. The molecule has 0 bridgehead atoms. The van der Waals surface area contributed by atoms with Gasteiger partial charge in [-0.05, 0) is 0 Å². The molecule has 8 heteroatoms. The first-order valence-corrected chi connectivity index (χ1v) is 16.8. The molecule has 0 aliphatic carbocycles. The molecule has 0 radical (unpaired) electrons. The number of alkyl carbamates (subject to hydrolysis) is 1. The first kappa shape index (κ1) is 31.8. The monoisotopic (exact) mass is 668 g/mol. The van der Waals surface area contributed by atoms with E-state index in [2.05, 4.69) is 47.0 Å². The molecule has 1 atom stereocenters. The van der Waals surface area contributed by atoms with Crippen molar-refractivity contribution < 1.29 is 23.9 Å². The van der Waals surface area contributed by atoms with Crippen LogP contribution in [0.4, 0.5) is 4.79 Å². The fraction of sp³-hybridized carbons (Fsp3) is 0.216. The molecule has 0 heterocycles. The molecule has 0 spiro atoms. The predicted octanol–water partition coefficient (Wildman–Crippen LogP) is 6.16. The molecule has 0 unspecified atom stereocenters. The second kappa shape index (κ2) is 14.4. The normalized spacial score (nSPS) is 12.0. The zero-order valence-corrected chi connectivity index (χ0v) is 27.3. The van der Waals surface area contributed by atoms with Crippen molar-refractivity contribution in [2.75, 3.05) is 6.54 Å². The molecule has 0 fully saturated rings. The van der Waals surface area contributed by atoms with Gasteiger partial charge in [0.2, 0.25) is 0 Å². The minimum atomic E-state index is -0.935. The van der Waals surface area contributed by atoms with Crippen LogP contribution in [-0.4, -0.2) is 51.1 Å². The van der Waals surface area contributed by atoms with Gasteiger partial charge in [-0.25, -0.2) is 0 Å². The van der Waals surface area contributed by atoms with Gasteiger partial charge in [0.1, 0.15) is 0 Å². The van der Waals surface area contributed by atoms with Crippen LogP contribution in [0.5, 0.6) is 0 Å². The fourth-order valence-corrected chi connectivity index (χ4v) is 7.69. The molecule has 45 heavy (non-hydrogen) atoms. The summed E-state index contributed by atoms with van der Waals surface area (Å²) in [5.74, 6) is -1.05. The molecule has 2 amide bonds. The number of rotatable bonds is 10. The van der Waals surface area contributed by atoms with Crippen LogP contribution in [0, 0.1) is 0 Å². The summed E-state index contributed by atoms with van der Waals surface area (Å²) in [5, 5.41) is 10.3. The number of hydrogen-bond acceptors (Lipinski definition) is 5. The minimum absolute atomic E-state index is 0.107. The Morgan fingerprint density at radius 2 is 1.29 bits per heavy atom. The van der Waals surface area contributed by atoms with E-state index in [-0.39, 0.29) is 28.1 Å². The van der Waals surface area contributed by atoms with Gasteiger partial charge < -0.3 is 0 Å². The van der Waals surface area contributed by atoms with Crippen molar-refractivity contribution in [3.05, 3.63) is 115 Å². The Labute approximate surface area is 269 Å². The van der Waals surface area contributed by atoms with Gasteiger partial charge in [-0.2, -0.15) is 0 Å². The number of benzene rings is 5. The summed E-state index contributed by atoms with van der Waals surface area (Å²) in [7, 11) is 0. The fourth-order valence-electron chi connectivity index (χ4n) is 5.02. The zero-order valence-electron chi connectivity index (χ0n) is 25.5. The number of ether oxygens (including phenoxy) is 2. The van der Waals surface area contributed by atoms with Gasteiger partial charge in [-0.1, -0.05) is 0 Å². The van der Waals surface area contributed by atoms with Crippen molar-refractivity contribution in [2.45, 2.75) is 44.3 Å². The molecular formula is C37H36N2O5Se. The van der Waals surface area contributed by atoms with E-state index in [1.54, 1.807) is 20.8 Å². The Kier molecular flexibility index (Phi) is 10.2. The first-order valence-electron chi connectivity index (χ1n) is 14.8. The summed E-state index contributed by atoms with van der Waals surface area (Å²) in [6, 6.07) is 35.3. The number of esters is 1. The standard InChI is InChI=1S/C37H36N2O5Se/c1-37(2,3)44-36(42)39-31(35(41)38-22-32(40)43-23-25-14-6-4-7-15-25)24-45-34-30-21-13-11-19-28(30)27-18-10-12-20-29(27)33(34)26-16-8-5-9-17-26/h4-21,31H,22-24H2,1-3H3,(H,38,41)(H,39,42)/t31-/m0/s1. The van der Waals surface area contributed by atoms with Gasteiger partial charge in [-0.15, -0.1) is 0 Å². The average Bonchev–Trinajstić information content (AvgIpc) is 3.04. The average molecular weight is 668 g/mol. The van der Waals surface area contributed by atoms with Crippen LogP contribution in [0.1, 0.15) is 26.3 Å². The second-order valence-corrected chi connectivity index (χ2v) is 13.7. The summed E-state index contributed by atoms with van der Waals surface area (Å²) in [6.45, 7) is 5.08. The van der Waals surface area contributed by atoms with E-state index in [9.17, 15) is 14.4 Å². The molecular weight excluding hydrogens is 631 g/mol. The Morgan fingerprint density at radius 3 is 1.93 bits per heavy atom. The Bertz CT molecular complexity index is 1800. The molecule has 7 nitrogen and oxygen atoms in total. The molecule has 0 saturated carbocycles. The van der Waals surface area contributed by atoms with E-state index in [4.69, 9.17) is 9.47 Å². The molecule has 0 aromatic heterocycles. The third-order valence-corrected chi connectivity index (χ3v) is 9.54. The van der Waals surface area contributed by atoms with Crippen molar-refractivity contribution in [1.82, 2.24) is 10.6 Å². The Balaban J connectivity index is 1.42. The van der Waals surface area contributed by atoms with E-state index >= 15 is 0 Å². The van der Waals surface area contributed by atoms with E-state index in [1.807, 2.05) is 72.8 Å². The van der Waals surface area contributed by atoms with Gasteiger partial charge in [0, 0.05) is 0 Å². The number of nitrogens with one attached hydrogen (secondary N) is 2. The second-order valence-electron chi connectivity index (χ2n) is 11.5. The number of amides is 2. The number of fused-ring (bicyclic) bond motifs is 3. The molecule has 230 valence electrons. The van der Waals surface area contributed by atoms with Crippen molar-refractivity contribution >= 4 is 58.9 Å².